The van der Waals surface area contributed by atoms with Crippen LogP contribution in [0.15, 0.2) is 58.7 Å². The van der Waals surface area contributed by atoms with Gasteiger partial charge in [-0.25, -0.2) is 9.97 Å². The number of amides is 1. The summed E-state index contributed by atoms with van der Waals surface area (Å²) in [7, 11) is 0. The number of aromatic nitrogens is 2. The second kappa shape index (κ2) is 8.18. The van der Waals surface area contributed by atoms with Crippen LogP contribution in [0.1, 0.15) is 30.2 Å². The van der Waals surface area contributed by atoms with E-state index in [2.05, 4.69) is 15.7 Å². The number of pyridine rings is 1. The highest BCUT2D eigenvalue weighted by atomic mass is 32.1. The lowest BCUT2D eigenvalue weighted by atomic mass is 9.95. The molecular weight excluding hydrogens is 360 g/mol. The van der Waals surface area contributed by atoms with Gasteiger partial charge in [-0.15, -0.1) is 11.3 Å². The van der Waals surface area contributed by atoms with Crippen LogP contribution in [-0.2, 0) is 4.79 Å². The summed E-state index contributed by atoms with van der Waals surface area (Å²) in [5, 5.41) is 6.12. The second-order valence-corrected chi connectivity index (χ2v) is 7.25. The molecule has 1 saturated heterocycles. The van der Waals surface area contributed by atoms with Gasteiger partial charge in [-0.3, -0.25) is 4.79 Å². The minimum absolute atomic E-state index is 0.0122. The minimum Gasteiger partial charge on any atom is -0.465 e. The Kier molecular flexibility index (Phi) is 5.29. The molecule has 4 heterocycles. The SMILES string of the molecule is O=C(/C=C/c1ccco1)N1CCC[C@H](c2csc(Nc3ccccn3)n2)C1. The lowest BCUT2D eigenvalue weighted by molar-refractivity contribution is -0.127. The summed E-state index contributed by atoms with van der Waals surface area (Å²) in [6, 6.07) is 9.36. The number of rotatable bonds is 5. The van der Waals surface area contributed by atoms with Crippen LogP contribution in [0, 0.1) is 0 Å². The van der Waals surface area contributed by atoms with Crippen molar-refractivity contribution >= 4 is 34.3 Å². The van der Waals surface area contributed by atoms with E-state index in [0.29, 0.717) is 12.3 Å². The molecule has 3 aromatic rings. The third-order valence-corrected chi connectivity index (χ3v) is 5.28. The zero-order valence-corrected chi connectivity index (χ0v) is 15.6. The van der Waals surface area contributed by atoms with Crippen molar-refractivity contribution in [1.29, 1.82) is 0 Å². The van der Waals surface area contributed by atoms with E-state index in [9.17, 15) is 4.79 Å². The van der Waals surface area contributed by atoms with Gasteiger partial charge in [-0.2, -0.15) is 0 Å². The number of thiazole rings is 1. The number of carbonyl (C=O) groups is 1. The molecule has 6 nitrogen and oxygen atoms in total. The largest absolute Gasteiger partial charge is 0.465 e. The summed E-state index contributed by atoms with van der Waals surface area (Å²) in [6.45, 7) is 1.47. The van der Waals surface area contributed by atoms with Gasteiger partial charge in [0.1, 0.15) is 11.6 Å². The van der Waals surface area contributed by atoms with Crippen LogP contribution in [-0.4, -0.2) is 33.9 Å². The molecule has 0 aliphatic carbocycles. The third-order valence-electron chi connectivity index (χ3n) is 4.51. The van der Waals surface area contributed by atoms with Crippen LogP contribution in [0.4, 0.5) is 10.9 Å². The first-order valence-corrected chi connectivity index (χ1v) is 9.80. The quantitative estimate of drug-likeness (QED) is 0.669. The van der Waals surface area contributed by atoms with E-state index in [-0.39, 0.29) is 11.8 Å². The minimum atomic E-state index is 0.0122. The van der Waals surface area contributed by atoms with Crippen LogP contribution in [0.2, 0.25) is 0 Å². The van der Waals surface area contributed by atoms with E-state index in [4.69, 9.17) is 9.40 Å². The average Bonchev–Trinajstić information content (AvgIpc) is 3.39. The fourth-order valence-electron chi connectivity index (χ4n) is 3.14. The van der Waals surface area contributed by atoms with Gasteiger partial charge >= 0.3 is 0 Å². The molecule has 0 bridgehead atoms. The zero-order chi connectivity index (χ0) is 18.5. The van der Waals surface area contributed by atoms with Crippen molar-refractivity contribution in [2.45, 2.75) is 18.8 Å². The Bertz CT molecular complexity index is 905. The van der Waals surface area contributed by atoms with Crippen molar-refractivity contribution < 1.29 is 9.21 Å². The van der Waals surface area contributed by atoms with E-state index in [1.54, 1.807) is 42.0 Å². The zero-order valence-electron chi connectivity index (χ0n) is 14.7. The van der Waals surface area contributed by atoms with Crippen molar-refractivity contribution in [3.8, 4) is 0 Å². The number of hydrogen-bond donors (Lipinski definition) is 1. The average molecular weight is 380 g/mol. The number of furan rings is 1. The highest BCUT2D eigenvalue weighted by Crippen LogP contribution is 2.30. The number of carbonyl (C=O) groups excluding carboxylic acids is 1. The van der Waals surface area contributed by atoms with Crippen molar-refractivity contribution in [3.05, 3.63) is 65.7 Å². The Morgan fingerprint density at radius 3 is 3.11 bits per heavy atom. The van der Waals surface area contributed by atoms with Gasteiger partial charge in [-0.1, -0.05) is 6.07 Å². The smallest absolute Gasteiger partial charge is 0.246 e. The number of nitrogens with one attached hydrogen (secondary N) is 1. The predicted molar refractivity (Wildman–Crippen MR) is 106 cm³/mol. The molecule has 1 aliphatic rings. The molecule has 0 aromatic carbocycles. The summed E-state index contributed by atoms with van der Waals surface area (Å²) in [6.07, 6.45) is 8.65. The molecule has 1 amide bonds. The maximum Gasteiger partial charge on any atom is 0.246 e. The van der Waals surface area contributed by atoms with Gasteiger partial charge in [0, 0.05) is 36.7 Å². The lowest BCUT2D eigenvalue weighted by Crippen LogP contribution is -2.38. The summed E-state index contributed by atoms with van der Waals surface area (Å²) in [4.78, 5) is 23.3. The van der Waals surface area contributed by atoms with Gasteiger partial charge in [0.15, 0.2) is 5.13 Å². The van der Waals surface area contributed by atoms with E-state index in [0.717, 1.165) is 36.0 Å². The monoisotopic (exact) mass is 380 g/mol. The first kappa shape index (κ1) is 17.5. The molecule has 4 rings (SSSR count). The van der Waals surface area contributed by atoms with Crippen LogP contribution in [0.25, 0.3) is 6.08 Å². The van der Waals surface area contributed by atoms with Crippen molar-refractivity contribution in [2.75, 3.05) is 18.4 Å². The Labute approximate surface area is 161 Å². The molecule has 3 aromatic heterocycles. The van der Waals surface area contributed by atoms with Crippen LogP contribution < -0.4 is 5.32 Å². The van der Waals surface area contributed by atoms with Crippen LogP contribution in [0.5, 0.6) is 0 Å². The van der Waals surface area contributed by atoms with Gasteiger partial charge < -0.3 is 14.6 Å². The molecule has 1 aliphatic heterocycles. The summed E-state index contributed by atoms with van der Waals surface area (Å²) in [5.41, 5.74) is 1.03. The Hall–Kier alpha value is -2.93. The molecule has 0 saturated carbocycles. The summed E-state index contributed by atoms with van der Waals surface area (Å²) < 4.78 is 5.24. The van der Waals surface area contributed by atoms with Gasteiger partial charge in [0.2, 0.25) is 5.91 Å². The molecule has 27 heavy (non-hydrogen) atoms. The Morgan fingerprint density at radius 1 is 1.33 bits per heavy atom. The van der Waals surface area contributed by atoms with E-state index in [1.807, 2.05) is 29.2 Å². The first-order valence-electron chi connectivity index (χ1n) is 8.92. The molecule has 0 unspecified atom stereocenters. The van der Waals surface area contributed by atoms with Crippen LogP contribution in [0.3, 0.4) is 0 Å². The molecule has 138 valence electrons. The summed E-state index contributed by atoms with van der Waals surface area (Å²) >= 11 is 1.56. The molecule has 0 radical (unpaired) electrons. The van der Waals surface area contributed by atoms with Gasteiger partial charge in [0.05, 0.1) is 12.0 Å². The van der Waals surface area contributed by atoms with E-state index < -0.39 is 0 Å². The van der Waals surface area contributed by atoms with Gasteiger partial charge in [0.25, 0.3) is 0 Å². The molecule has 1 fully saturated rings. The molecule has 1 atom stereocenters. The summed E-state index contributed by atoms with van der Waals surface area (Å²) in [5.74, 6) is 1.73. The standard InChI is InChI=1S/C20H20N4O2S/c25-19(9-8-16-6-4-12-26-16)24-11-3-5-15(13-24)17-14-27-20(22-17)23-18-7-1-2-10-21-18/h1-2,4,6-10,12,14-15H,3,5,11,13H2,(H,21,22,23)/b9-8+/t15-/m0/s1. The second-order valence-electron chi connectivity index (χ2n) is 6.39. The van der Waals surface area contributed by atoms with Crippen molar-refractivity contribution in [2.24, 2.45) is 0 Å². The normalized spacial score (nSPS) is 17.3. The van der Waals surface area contributed by atoms with E-state index >= 15 is 0 Å². The third kappa shape index (κ3) is 4.43. The maximum absolute atomic E-state index is 12.5. The topological polar surface area (TPSA) is 71.3 Å². The van der Waals surface area contributed by atoms with Gasteiger partial charge in [-0.05, 0) is 43.2 Å². The molecular formula is C20H20N4O2S. The van der Waals surface area contributed by atoms with E-state index in [1.165, 1.54) is 0 Å². The predicted octanol–water partition coefficient (Wildman–Crippen LogP) is 4.29. The molecule has 0 spiro atoms. The first-order chi connectivity index (χ1) is 13.3. The van der Waals surface area contributed by atoms with Crippen molar-refractivity contribution in [3.63, 3.8) is 0 Å². The number of piperidine rings is 1. The number of hydrogen-bond acceptors (Lipinski definition) is 6. The molecule has 1 N–H and O–H groups in total. The number of nitrogens with zero attached hydrogens (tertiary/aromatic N) is 3. The highest BCUT2D eigenvalue weighted by Gasteiger charge is 2.25. The fourth-order valence-corrected chi connectivity index (χ4v) is 3.94. The van der Waals surface area contributed by atoms with Crippen LogP contribution >= 0.6 is 11.3 Å². The highest BCUT2D eigenvalue weighted by molar-refractivity contribution is 7.13. The lowest BCUT2D eigenvalue weighted by Gasteiger charge is -2.31. The molecule has 7 heteroatoms. The number of anilines is 2. The fraction of sp³-hybridized carbons (Fsp3) is 0.250. The number of likely N-dealkylation sites (tertiary alicyclic amines) is 1. The Balaban J connectivity index is 1.39. The Morgan fingerprint density at radius 2 is 2.30 bits per heavy atom. The van der Waals surface area contributed by atoms with Crippen molar-refractivity contribution in [1.82, 2.24) is 14.9 Å². The maximum atomic E-state index is 12.5.